The molecule has 32 heavy (non-hydrogen) atoms. The molecule has 0 saturated carbocycles. The van der Waals surface area contributed by atoms with Crippen LogP contribution in [-0.4, -0.2) is 36.8 Å². The van der Waals surface area contributed by atoms with Crippen molar-refractivity contribution in [1.82, 2.24) is 4.90 Å². The maximum atomic E-state index is 12.5. The second-order valence-corrected chi connectivity index (χ2v) is 8.13. The molecule has 6 heteroatoms. The van der Waals surface area contributed by atoms with Crippen molar-refractivity contribution in [3.05, 3.63) is 83.9 Å². The molecule has 0 unspecified atom stereocenters. The Morgan fingerprint density at radius 2 is 1.69 bits per heavy atom. The number of benzene rings is 3. The highest BCUT2D eigenvalue weighted by Gasteiger charge is 2.21. The number of hydrogen-bond donors (Lipinski definition) is 1. The van der Waals surface area contributed by atoms with Gasteiger partial charge in [0, 0.05) is 30.9 Å². The molecule has 0 aromatic heterocycles. The van der Waals surface area contributed by atoms with Gasteiger partial charge in [0.1, 0.15) is 11.9 Å². The molecule has 6 nitrogen and oxygen atoms in total. The normalized spacial score (nSPS) is 16.0. The molecule has 3 aromatic carbocycles. The van der Waals surface area contributed by atoms with Crippen LogP contribution < -0.4 is 19.5 Å². The fraction of sp³-hybridized carbons (Fsp3) is 0.269. The lowest BCUT2D eigenvalue weighted by molar-refractivity contribution is 0.0967. The van der Waals surface area contributed by atoms with Gasteiger partial charge in [-0.3, -0.25) is 9.69 Å². The Bertz CT molecular complexity index is 1060. The first kappa shape index (κ1) is 20.4. The third-order valence-corrected chi connectivity index (χ3v) is 5.83. The van der Waals surface area contributed by atoms with E-state index in [1.807, 2.05) is 24.3 Å². The summed E-state index contributed by atoms with van der Waals surface area (Å²) in [6.07, 6.45) is 2.24. The minimum absolute atomic E-state index is 0.188. The van der Waals surface area contributed by atoms with Crippen molar-refractivity contribution in [2.24, 2.45) is 0 Å². The van der Waals surface area contributed by atoms with E-state index in [0.717, 1.165) is 43.9 Å². The Balaban J connectivity index is 1.11. The number of hydrogen-bond acceptors (Lipinski definition) is 5. The predicted molar refractivity (Wildman–Crippen MR) is 122 cm³/mol. The predicted octanol–water partition coefficient (Wildman–Crippen LogP) is 4.71. The molecule has 1 N–H and O–H groups in total. The lowest BCUT2D eigenvalue weighted by Gasteiger charge is -2.32. The van der Waals surface area contributed by atoms with Crippen molar-refractivity contribution in [2.45, 2.75) is 25.5 Å². The number of anilines is 1. The fourth-order valence-corrected chi connectivity index (χ4v) is 4.08. The van der Waals surface area contributed by atoms with Crippen LogP contribution >= 0.6 is 0 Å². The Hall–Kier alpha value is -3.51. The summed E-state index contributed by atoms with van der Waals surface area (Å²) in [6, 6.07) is 23.3. The maximum Gasteiger partial charge on any atom is 0.255 e. The number of amides is 1. The van der Waals surface area contributed by atoms with E-state index in [2.05, 4.69) is 40.5 Å². The Morgan fingerprint density at radius 1 is 0.938 bits per heavy atom. The SMILES string of the molecule is O=C(Nc1ccc(OC2CCN(Cc3ccccc3)CC2)cc1)c1ccc2c(c1)OCO2. The summed E-state index contributed by atoms with van der Waals surface area (Å²) in [6.45, 7) is 3.24. The minimum atomic E-state index is -0.192. The summed E-state index contributed by atoms with van der Waals surface area (Å²) < 4.78 is 16.8. The summed E-state index contributed by atoms with van der Waals surface area (Å²) in [5.41, 5.74) is 2.60. The first-order valence-corrected chi connectivity index (χ1v) is 11.0. The van der Waals surface area contributed by atoms with Crippen molar-refractivity contribution in [3.8, 4) is 17.2 Å². The zero-order chi connectivity index (χ0) is 21.8. The monoisotopic (exact) mass is 430 g/mol. The molecule has 1 fully saturated rings. The average molecular weight is 431 g/mol. The van der Waals surface area contributed by atoms with Gasteiger partial charge < -0.3 is 19.5 Å². The number of carbonyl (C=O) groups is 1. The summed E-state index contributed by atoms with van der Waals surface area (Å²) >= 11 is 0. The maximum absolute atomic E-state index is 12.5. The van der Waals surface area contributed by atoms with Crippen molar-refractivity contribution in [1.29, 1.82) is 0 Å². The zero-order valence-corrected chi connectivity index (χ0v) is 17.8. The van der Waals surface area contributed by atoms with Crippen LogP contribution in [0.2, 0.25) is 0 Å². The van der Waals surface area contributed by atoms with Crippen molar-refractivity contribution in [3.63, 3.8) is 0 Å². The van der Waals surface area contributed by atoms with Crippen LogP contribution in [0.5, 0.6) is 17.2 Å². The molecule has 1 amide bonds. The number of piperidine rings is 1. The van der Waals surface area contributed by atoms with Gasteiger partial charge in [0.25, 0.3) is 5.91 Å². The first-order chi connectivity index (χ1) is 15.7. The van der Waals surface area contributed by atoms with Gasteiger partial charge in [0.05, 0.1) is 0 Å². The topological polar surface area (TPSA) is 60.0 Å². The molecular weight excluding hydrogens is 404 g/mol. The van der Waals surface area contributed by atoms with Crippen LogP contribution in [0, 0.1) is 0 Å². The Morgan fingerprint density at radius 3 is 2.47 bits per heavy atom. The van der Waals surface area contributed by atoms with Crippen molar-refractivity contribution >= 4 is 11.6 Å². The molecule has 2 heterocycles. The Labute approximate surface area is 187 Å². The number of likely N-dealkylation sites (tertiary alicyclic amines) is 1. The van der Waals surface area contributed by atoms with E-state index in [-0.39, 0.29) is 18.8 Å². The van der Waals surface area contributed by atoms with Crippen LogP contribution in [0.15, 0.2) is 72.8 Å². The highest BCUT2D eigenvalue weighted by atomic mass is 16.7. The van der Waals surface area contributed by atoms with Gasteiger partial charge in [-0.05, 0) is 60.9 Å². The van der Waals surface area contributed by atoms with Crippen LogP contribution in [0.25, 0.3) is 0 Å². The van der Waals surface area contributed by atoms with Gasteiger partial charge in [0.15, 0.2) is 11.5 Å². The number of nitrogens with zero attached hydrogens (tertiary/aromatic N) is 1. The molecule has 164 valence electrons. The molecule has 0 radical (unpaired) electrons. The zero-order valence-electron chi connectivity index (χ0n) is 17.8. The highest BCUT2D eigenvalue weighted by Crippen LogP contribution is 2.32. The van der Waals surface area contributed by atoms with Gasteiger partial charge in [0.2, 0.25) is 6.79 Å². The third-order valence-electron chi connectivity index (χ3n) is 5.83. The van der Waals surface area contributed by atoms with E-state index in [4.69, 9.17) is 14.2 Å². The second-order valence-electron chi connectivity index (χ2n) is 8.13. The molecule has 2 aliphatic heterocycles. The summed E-state index contributed by atoms with van der Waals surface area (Å²) in [4.78, 5) is 15.0. The summed E-state index contributed by atoms with van der Waals surface area (Å²) in [7, 11) is 0. The molecule has 3 aromatic rings. The Kier molecular flexibility index (Phi) is 5.94. The van der Waals surface area contributed by atoms with Crippen molar-refractivity contribution in [2.75, 3.05) is 25.2 Å². The number of ether oxygens (including phenoxy) is 3. The standard InChI is InChI=1S/C26H26N2O4/c29-26(20-6-11-24-25(16-20)31-18-30-24)27-21-7-9-22(10-8-21)32-23-12-14-28(15-13-23)17-19-4-2-1-3-5-19/h1-11,16,23H,12-15,17-18H2,(H,27,29). The molecule has 2 aliphatic rings. The summed E-state index contributed by atoms with van der Waals surface area (Å²) in [5, 5.41) is 2.91. The van der Waals surface area contributed by atoms with Crippen LogP contribution in [0.4, 0.5) is 5.69 Å². The van der Waals surface area contributed by atoms with Crippen LogP contribution in [-0.2, 0) is 6.54 Å². The minimum Gasteiger partial charge on any atom is -0.490 e. The second kappa shape index (κ2) is 9.32. The van der Waals surface area contributed by atoms with E-state index >= 15 is 0 Å². The number of carbonyl (C=O) groups excluding carboxylic acids is 1. The average Bonchev–Trinajstić information content (AvgIpc) is 3.30. The number of nitrogens with one attached hydrogen (secondary N) is 1. The first-order valence-electron chi connectivity index (χ1n) is 11.0. The van der Waals surface area contributed by atoms with Crippen LogP contribution in [0.1, 0.15) is 28.8 Å². The largest absolute Gasteiger partial charge is 0.490 e. The molecule has 0 atom stereocenters. The van der Waals surface area contributed by atoms with Gasteiger partial charge in [-0.25, -0.2) is 0 Å². The van der Waals surface area contributed by atoms with Gasteiger partial charge in [-0.2, -0.15) is 0 Å². The van der Waals surface area contributed by atoms with Gasteiger partial charge >= 0.3 is 0 Å². The molecule has 1 saturated heterocycles. The van der Waals surface area contributed by atoms with Gasteiger partial charge in [-0.15, -0.1) is 0 Å². The van der Waals surface area contributed by atoms with E-state index < -0.39 is 0 Å². The van der Waals surface area contributed by atoms with Crippen LogP contribution in [0.3, 0.4) is 0 Å². The van der Waals surface area contributed by atoms with E-state index in [0.29, 0.717) is 17.1 Å². The quantitative estimate of drug-likeness (QED) is 0.614. The molecule has 0 bridgehead atoms. The van der Waals surface area contributed by atoms with E-state index in [9.17, 15) is 4.79 Å². The van der Waals surface area contributed by atoms with E-state index in [1.165, 1.54) is 5.56 Å². The molecule has 5 rings (SSSR count). The lowest BCUT2D eigenvalue weighted by Crippen LogP contribution is -2.37. The van der Waals surface area contributed by atoms with Gasteiger partial charge in [-0.1, -0.05) is 30.3 Å². The smallest absolute Gasteiger partial charge is 0.255 e. The number of fused-ring (bicyclic) bond motifs is 1. The third kappa shape index (κ3) is 4.86. The summed E-state index contributed by atoms with van der Waals surface area (Å²) in [5.74, 6) is 1.89. The van der Waals surface area contributed by atoms with Crippen molar-refractivity contribution < 1.29 is 19.0 Å². The molecular formula is C26H26N2O4. The lowest BCUT2D eigenvalue weighted by atomic mass is 10.1. The molecule has 0 aliphatic carbocycles. The number of rotatable bonds is 6. The molecule has 0 spiro atoms. The van der Waals surface area contributed by atoms with E-state index in [1.54, 1.807) is 18.2 Å². The highest BCUT2D eigenvalue weighted by molar-refractivity contribution is 6.04. The fourth-order valence-electron chi connectivity index (χ4n) is 4.08.